The molecule has 8 nitrogen and oxygen atoms in total. The highest BCUT2D eigenvalue weighted by atomic mass is 16.5. The van der Waals surface area contributed by atoms with Gasteiger partial charge in [0.15, 0.2) is 0 Å². The number of hydrogen-bond acceptors (Lipinski definition) is 5. The number of nitrogens with one attached hydrogen (secondary N) is 3. The number of nitrogens with zero attached hydrogens (tertiary/aromatic N) is 1. The van der Waals surface area contributed by atoms with Crippen molar-refractivity contribution in [2.24, 2.45) is 0 Å². The number of rotatable bonds is 7. The van der Waals surface area contributed by atoms with Crippen LogP contribution in [0.2, 0.25) is 0 Å². The maximum absolute atomic E-state index is 12.4. The van der Waals surface area contributed by atoms with Crippen LogP contribution < -0.4 is 25.4 Å². The zero-order valence-corrected chi connectivity index (χ0v) is 17.5. The lowest BCUT2D eigenvalue weighted by molar-refractivity contribution is 0.0958. The van der Waals surface area contributed by atoms with Crippen LogP contribution in [0.15, 0.2) is 66.9 Å². The summed E-state index contributed by atoms with van der Waals surface area (Å²) < 4.78 is 11.1. The van der Waals surface area contributed by atoms with Gasteiger partial charge in [0, 0.05) is 19.3 Å². The largest absolute Gasteiger partial charge is 0.495 e. The Morgan fingerprint density at radius 2 is 1.77 bits per heavy atom. The molecular formula is C23H24N4O4. The first-order valence-electron chi connectivity index (χ1n) is 9.66. The number of carbonyl (C=O) groups is 2. The normalized spacial score (nSPS) is 11.2. The molecule has 0 fully saturated rings. The van der Waals surface area contributed by atoms with Gasteiger partial charge in [0.25, 0.3) is 5.91 Å². The fourth-order valence-corrected chi connectivity index (χ4v) is 2.90. The van der Waals surface area contributed by atoms with Crippen molar-refractivity contribution in [1.82, 2.24) is 15.6 Å². The van der Waals surface area contributed by atoms with Gasteiger partial charge in [-0.05, 0) is 42.8 Å². The van der Waals surface area contributed by atoms with E-state index in [2.05, 4.69) is 20.9 Å². The van der Waals surface area contributed by atoms with E-state index in [0.29, 0.717) is 22.9 Å². The Hall–Kier alpha value is -4.07. The van der Waals surface area contributed by atoms with Crippen molar-refractivity contribution in [1.29, 1.82) is 0 Å². The maximum Gasteiger partial charge on any atom is 0.319 e. The standard InChI is InChI=1S/C23H24N4O4/c1-15(26-23(29)27-19-9-4-5-10-21(19)30-3)16-7-6-8-17(13-16)31-18-11-12-25-20(14-18)22(28)24-2/h4-15H,1-3H3,(H,24,28)(H2,26,27,29). The summed E-state index contributed by atoms with van der Waals surface area (Å²) in [6, 6.07) is 17.1. The molecule has 0 aliphatic rings. The van der Waals surface area contributed by atoms with Crippen LogP contribution in [0.4, 0.5) is 10.5 Å². The maximum atomic E-state index is 12.4. The summed E-state index contributed by atoms with van der Waals surface area (Å²) >= 11 is 0. The molecule has 0 saturated carbocycles. The average Bonchev–Trinajstić information content (AvgIpc) is 2.79. The lowest BCUT2D eigenvalue weighted by atomic mass is 10.1. The molecule has 2 aromatic carbocycles. The topological polar surface area (TPSA) is 102 Å². The molecule has 3 rings (SSSR count). The Morgan fingerprint density at radius 3 is 2.55 bits per heavy atom. The molecule has 0 aliphatic carbocycles. The minimum Gasteiger partial charge on any atom is -0.495 e. The molecule has 1 unspecified atom stereocenters. The van der Waals surface area contributed by atoms with Crippen LogP contribution >= 0.6 is 0 Å². The highest BCUT2D eigenvalue weighted by Crippen LogP contribution is 2.26. The second-order valence-corrected chi connectivity index (χ2v) is 6.65. The van der Waals surface area contributed by atoms with Crippen molar-refractivity contribution in [3.63, 3.8) is 0 Å². The summed E-state index contributed by atoms with van der Waals surface area (Å²) in [6.07, 6.45) is 1.51. The zero-order chi connectivity index (χ0) is 22.2. The monoisotopic (exact) mass is 420 g/mol. The van der Waals surface area contributed by atoms with Crippen LogP contribution in [0, 0.1) is 0 Å². The number of anilines is 1. The van der Waals surface area contributed by atoms with E-state index in [-0.39, 0.29) is 23.7 Å². The molecule has 3 N–H and O–H groups in total. The van der Waals surface area contributed by atoms with E-state index in [9.17, 15) is 9.59 Å². The molecule has 8 heteroatoms. The Morgan fingerprint density at radius 1 is 1.00 bits per heavy atom. The Bertz CT molecular complexity index is 1070. The van der Waals surface area contributed by atoms with E-state index in [0.717, 1.165) is 5.56 Å². The van der Waals surface area contributed by atoms with Crippen LogP contribution in [0.5, 0.6) is 17.2 Å². The van der Waals surface area contributed by atoms with Gasteiger partial charge in [-0.2, -0.15) is 0 Å². The number of hydrogen-bond donors (Lipinski definition) is 3. The van der Waals surface area contributed by atoms with Crippen LogP contribution in [-0.4, -0.2) is 31.1 Å². The molecule has 0 saturated heterocycles. The minimum absolute atomic E-state index is 0.263. The Labute approximate surface area is 180 Å². The van der Waals surface area contributed by atoms with Crippen LogP contribution in [-0.2, 0) is 0 Å². The number of amides is 3. The predicted molar refractivity (Wildman–Crippen MR) is 118 cm³/mol. The predicted octanol–water partition coefficient (Wildman–Crippen LogP) is 4.12. The highest BCUT2D eigenvalue weighted by Gasteiger charge is 2.13. The molecule has 0 bridgehead atoms. The highest BCUT2D eigenvalue weighted by molar-refractivity contribution is 5.92. The van der Waals surface area contributed by atoms with Crippen molar-refractivity contribution in [2.45, 2.75) is 13.0 Å². The molecule has 160 valence electrons. The quantitative estimate of drug-likeness (QED) is 0.534. The third-order valence-corrected chi connectivity index (χ3v) is 4.49. The van der Waals surface area contributed by atoms with E-state index in [4.69, 9.17) is 9.47 Å². The SMILES string of the molecule is CNC(=O)c1cc(Oc2cccc(C(C)NC(=O)Nc3ccccc3OC)c2)ccn1. The smallest absolute Gasteiger partial charge is 0.319 e. The molecule has 0 spiro atoms. The van der Waals surface area contributed by atoms with E-state index in [1.54, 1.807) is 44.5 Å². The molecule has 3 amide bonds. The van der Waals surface area contributed by atoms with Gasteiger partial charge < -0.3 is 25.4 Å². The number of aromatic nitrogens is 1. The molecule has 0 radical (unpaired) electrons. The first-order valence-corrected chi connectivity index (χ1v) is 9.66. The van der Waals surface area contributed by atoms with Gasteiger partial charge in [0.05, 0.1) is 18.8 Å². The fourth-order valence-electron chi connectivity index (χ4n) is 2.90. The summed E-state index contributed by atoms with van der Waals surface area (Å²) in [5.41, 5.74) is 1.70. The lowest BCUT2D eigenvalue weighted by Crippen LogP contribution is -2.31. The number of carbonyl (C=O) groups excluding carboxylic acids is 2. The summed E-state index contributed by atoms with van der Waals surface area (Å²) in [5.74, 6) is 1.35. The molecule has 1 aromatic heterocycles. The van der Waals surface area contributed by atoms with E-state index in [1.165, 1.54) is 6.20 Å². The van der Waals surface area contributed by atoms with Crippen LogP contribution in [0.3, 0.4) is 0 Å². The number of benzene rings is 2. The fraction of sp³-hybridized carbons (Fsp3) is 0.174. The van der Waals surface area contributed by atoms with Gasteiger partial charge in [0.1, 0.15) is 22.9 Å². The molecule has 3 aromatic rings. The number of urea groups is 1. The molecule has 0 aliphatic heterocycles. The number of methoxy groups -OCH3 is 1. The summed E-state index contributed by atoms with van der Waals surface area (Å²) in [5, 5.41) is 8.21. The second-order valence-electron chi connectivity index (χ2n) is 6.65. The summed E-state index contributed by atoms with van der Waals surface area (Å²) in [7, 11) is 3.09. The minimum atomic E-state index is -0.354. The third-order valence-electron chi connectivity index (χ3n) is 4.49. The van der Waals surface area contributed by atoms with Gasteiger partial charge in [-0.3, -0.25) is 9.78 Å². The molecular weight excluding hydrogens is 396 g/mol. The lowest BCUT2D eigenvalue weighted by Gasteiger charge is -2.17. The van der Waals surface area contributed by atoms with Crippen molar-refractivity contribution in [3.8, 4) is 17.2 Å². The van der Waals surface area contributed by atoms with Gasteiger partial charge in [-0.1, -0.05) is 24.3 Å². The molecule has 1 atom stereocenters. The van der Waals surface area contributed by atoms with Crippen molar-refractivity contribution in [3.05, 3.63) is 78.1 Å². The van der Waals surface area contributed by atoms with E-state index < -0.39 is 0 Å². The van der Waals surface area contributed by atoms with E-state index in [1.807, 2.05) is 37.3 Å². The number of para-hydroxylation sites is 2. The van der Waals surface area contributed by atoms with E-state index >= 15 is 0 Å². The second kappa shape index (κ2) is 10.1. The summed E-state index contributed by atoms with van der Waals surface area (Å²) in [4.78, 5) is 28.2. The van der Waals surface area contributed by atoms with Gasteiger partial charge >= 0.3 is 6.03 Å². The van der Waals surface area contributed by atoms with Crippen LogP contribution in [0.1, 0.15) is 29.0 Å². The van der Waals surface area contributed by atoms with Crippen LogP contribution in [0.25, 0.3) is 0 Å². The third kappa shape index (κ3) is 5.72. The number of ether oxygens (including phenoxy) is 2. The number of pyridine rings is 1. The average molecular weight is 420 g/mol. The van der Waals surface area contributed by atoms with Crippen molar-refractivity contribution < 1.29 is 19.1 Å². The van der Waals surface area contributed by atoms with Gasteiger partial charge in [-0.25, -0.2) is 4.79 Å². The Kier molecular flexibility index (Phi) is 7.05. The first-order chi connectivity index (χ1) is 15.0. The Balaban J connectivity index is 1.66. The zero-order valence-electron chi connectivity index (χ0n) is 17.5. The molecule has 1 heterocycles. The van der Waals surface area contributed by atoms with Crippen molar-refractivity contribution in [2.75, 3.05) is 19.5 Å². The first kappa shape index (κ1) is 21.6. The van der Waals surface area contributed by atoms with Gasteiger partial charge in [0.2, 0.25) is 0 Å². The van der Waals surface area contributed by atoms with Crippen molar-refractivity contribution >= 4 is 17.6 Å². The molecule has 31 heavy (non-hydrogen) atoms. The summed E-state index contributed by atoms with van der Waals surface area (Å²) in [6.45, 7) is 1.87. The van der Waals surface area contributed by atoms with Gasteiger partial charge in [-0.15, -0.1) is 0 Å².